The fraction of sp³-hybridized carbons (Fsp3) is 0.600. The van der Waals surface area contributed by atoms with Crippen molar-refractivity contribution in [1.29, 1.82) is 0 Å². The first-order valence-corrected chi connectivity index (χ1v) is 7.72. The molecular formula is C15H22BrNO2. The number of halogens is 1. The minimum atomic E-state index is 0.163. The molecule has 106 valence electrons. The molecule has 0 radical (unpaired) electrons. The van der Waals surface area contributed by atoms with Crippen molar-refractivity contribution >= 4 is 15.9 Å². The molecule has 4 heteroatoms. The van der Waals surface area contributed by atoms with E-state index in [1.807, 2.05) is 6.07 Å². The predicted octanol–water partition coefficient (Wildman–Crippen LogP) is 3.63. The van der Waals surface area contributed by atoms with Crippen LogP contribution in [-0.4, -0.2) is 38.3 Å². The maximum Gasteiger partial charge on any atom is 0.126 e. The second kappa shape index (κ2) is 7.27. The van der Waals surface area contributed by atoms with Crippen molar-refractivity contribution in [2.75, 3.05) is 33.4 Å². The Balaban J connectivity index is 2.01. The summed E-state index contributed by atoms with van der Waals surface area (Å²) in [4.78, 5) is 2.26. The molecule has 0 aliphatic carbocycles. The summed E-state index contributed by atoms with van der Waals surface area (Å²) in [6.07, 6.45) is 2.24. The van der Waals surface area contributed by atoms with Crippen LogP contribution in [0, 0.1) is 0 Å². The average molecular weight is 328 g/mol. The number of benzene rings is 1. The van der Waals surface area contributed by atoms with E-state index in [0.29, 0.717) is 0 Å². The summed E-state index contributed by atoms with van der Waals surface area (Å²) in [5.74, 6) is 0.959. The third kappa shape index (κ3) is 4.20. The van der Waals surface area contributed by atoms with Gasteiger partial charge < -0.3 is 14.4 Å². The molecule has 0 spiro atoms. The lowest BCUT2D eigenvalue weighted by Gasteiger charge is -2.20. The van der Waals surface area contributed by atoms with Crippen LogP contribution in [0.25, 0.3) is 0 Å². The van der Waals surface area contributed by atoms with Crippen LogP contribution in [0.5, 0.6) is 5.75 Å². The molecule has 0 aromatic heterocycles. The normalized spacial score (nSPS) is 18.8. The van der Waals surface area contributed by atoms with E-state index < -0.39 is 0 Å². The van der Waals surface area contributed by atoms with Crippen LogP contribution in [0.15, 0.2) is 22.7 Å². The summed E-state index contributed by atoms with van der Waals surface area (Å²) in [6, 6.07) is 6.20. The van der Waals surface area contributed by atoms with Crippen molar-refractivity contribution in [2.45, 2.75) is 25.9 Å². The summed E-state index contributed by atoms with van der Waals surface area (Å²) in [6.45, 7) is 5.73. The van der Waals surface area contributed by atoms with Crippen LogP contribution in [0.1, 0.15) is 31.4 Å². The van der Waals surface area contributed by atoms with E-state index in [4.69, 9.17) is 9.47 Å². The number of ether oxygens (including phenoxy) is 2. The van der Waals surface area contributed by atoms with Gasteiger partial charge in [0, 0.05) is 16.6 Å². The van der Waals surface area contributed by atoms with Gasteiger partial charge in [-0.25, -0.2) is 0 Å². The van der Waals surface area contributed by atoms with Crippen molar-refractivity contribution in [1.82, 2.24) is 4.90 Å². The van der Waals surface area contributed by atoms with Crippen molar-refractivity contribution in [3.05, 3.63) is 28.2 Å². The van der Waals surface area contributed by atoms with Gasteiger partial charge in [-0.2, -0.15) is 0 Å². The van der Waals surface area contributed by atoms with Crippen LogP contribution >= 0.6 is 15.9 Å². The number of hydrogen-bond donors (Lipinski definition) is 0. The SMILES string of the molecule is CCN(C)CCOC1CCCOc2cc(Br)ccc21. The monoisotopic (exact) mass is 327 g/mol. The molecule has 1 aliphatic rings. The molecule has 0 N–H and O–H groups in total. The highest BCUT2D eigenvalue weighted by atomic mass is 79.9. The molecule has 0 fully saturated rings. The smallest absolute Gasteiger partial charge is 0.126 e. The summed E-state index contributed by atoms with van der Waals surface area (Å²) >= 11 is 3.49. The molecule has 0 amide bonds. The fourth-order valence-corrected chi connectivity index (χ4v) is 2.53. The summed E-state index contributed by atoms with van der Waals surface area (Å²) in [5, 5.41) is 0. The molecule has 1 aromatic carbocycles. The molecule has 1 aromatic rings. The lowest BCUT2D eigenvalue weighted by atomic mass is 10.1. The molecule has 0 saturated carbocycles. The van der Waals surface area contributed by atoms with Crippen LogP contribution < -0.4 is 4.74 Å². The average Bonchev–Trinajstić information content (AvgIpc) is 2.60. The van der Waals surface area contributed by atoms with Gasteiger partial charge in [-0.15, -0.1) is 0 Å². The molecule has 1 unspecified atom stereocenters. The second-order valence-corrected chi connectivity index (χ2v) is 5.84. The van der Waals surface area contributed by atoms with Gasteiger partial charge in [0.1, 0.15) is 5.75 Å². The highest BCUT2D eigenvalue weighted by Gasteiger charge is 2.20. The molecule has 1 aliphatic heterocycles. The Bertz CT molecular complexity index is 411. The van der Waals surface area contributed by atoms with E-state index in [2.05, 4.69) is 46.9 Å². The summed E-state index contributed by atoms with van der Waals surface area (Å²) in [5.41, 5.74) is 1.18. The number of hydrogen-bond acceptors (Lipinski definition) is 3. The summed E-state index contributed by atoms with van der Waals surface area (Å²) in [7, 11) is 2.12. The zero-order valence-corrected chi connectivity index (χ0v) is 13.3. The number of likely N-dealkylation sites (N-methyl/N-ethyl adjacent to an activating group) is 1. The summed E-state index contributed by atoms with van der Waals surface area (Å²) < 4.78 is 12.9. The van der Waals surface area contributed by atoms with Gasteiger partial charge in [0.15, 0.2) is 0 Å². The van der Waals surface area contributed by atoms with Gasteiger partial charge in [0.2, 0.25) is 0 Å². The van der Waals surface area contributed by atoms with Crippen LogP contribution in [0.2, 0.25) is 0 Å². The fourth-order valence-electron chi connectivity index (χ4n) is 2.19. The van der Waals surface area contributed by atoms with Crippen molar-refractivity contribution in [3.63, 3.8) is 0 Å². The predicted molar refractivity (Wildman–Crippen MR) is 80.7 cm³/mol. The highest BCUT2D eigenvalue weighted by molar-refractivity contribution is 9.10. The number of fused-ring (bicyclic) bond motifs is 1. The Hall–Kier alpha value is -0.580. The third-order valence-electron chi connectivity index (χ3n) is 3.52. The Morgan fingerprint density at radius 2 is 2.32 bits per heavy atom. The first-order chi connectivity index (χ1) is 9.20. The zero-order chi connectivity index (χ0) is 13.7. The van der Waals surface area contributed by atoms with E-state index in [9.17, 15) is 0 Å². The molecule has 1 atom stereocenters. The van der Waals surface area contributed by atoms with Gasteiger partial charge in [-0.3, -0.25) is 0 Å². The topological polar surface area (TPSA) is 21.7 Å². The number of rotatable bonds is 5. The van der Waals surface area contributed by atoms with Crippen molar-refractivity contribution < 1.29 is 9.47 Å². The lowest BCUT2D eigenvalue weighted by molar-refractivity contribution is 0.0360. The standard InChI is InChI=1S/C15H22BrNO2/c1-3-17(2)8-10-19-14-5-4-9-18-15-11-12(16)6-7-13(14)15/h6-7,11,14H,3-5,8-10H2,1-2H3. The first kappa shape index (κ1) is 14.8. The molecule has 1 heterocycles. The van der Waals surface area contributed by atoms with Gasteiger partial charge in [-0.1, -0.05) is 28.9 Å². The molecule has 2 rings (SSSR count). The van der Waals surface area contributed by atoms with E-state index >= 15 is 0 Å². The Labute approximate surface area is 124 Å². The van der Waals surface area contributed by atoms with Crippen molar-refractivity contribution in [3.8, 4) is 5.75 Å². The van der Waals surface area contributed by atoms with E-state index in [0.717, 1.165) is 49.4 Å². The Morgan fingerprint density at radius 1 is 1.47 bits per heavy atom. The largest absolute Gasteiger partial charge is 0.493 e. The van der Waals surface area contributed by atoms with Crippen LogP contribution in [0.3, 0.4) is 0 Å². The van der Waals surface area contributed by atoms with Gasteiger partial charge >= 0.3 is 0 Å². The van der Waals surface area contributed by atoms with Gasteiger partial charge in [0.05, 0.1) is 19.3 Å². The van der Waals surface area contributed by atoms with Gasteiger partial charge in [-0.05, 0) is 38.6 Å². The van der Waals surface area contributed by atoms with Crippen molar-refractivity contribution in [2.24, 2.45) is 0 Å². The maximum absolute atomic E-state index is 6.06. The Kier molecular flexibility index (Phi) is 5.67. The minimum Gasteiger partial charge on any atom is -0.493 e. The molecule has 0 saturated heterocycles. The van der Waals surface area contributed by atoms with E-state index in [1.165, 1.54) is 5.56 Å². The first-order valence-electron chi connectivity index (χ1n) is 6.93. The maximum atomic E-state index is 6.06. The lowest BCUT2D eigenvalue weighted by Crippen LogP contribution is -2.23. The number of nitrogens with zero attached hydrogens (tertiary/aromatic N) is 1. The highest BCUT2D eigenvalue weighted by Crippen LogP contribution is 2.35. The third-order valence-corrected chi connectivity index (χ3v) is 4.02. The quantitative estimate of drug-likeness (QED) is 0.824. The minimum absolute atomic E-state index is 0.163. The Morgan fingerprint density at radius 3 is 3.11 bits per heavy atom. The zero-order valence-electron chi connectivity index (χ0n) is 11.7. The van der Waals surface area contributed by atoms with Gasteiger partial charge in [0.25, 0.3) is 0 Å². The van der Waals surface area contributed by atoms with Crippen LogP contribution in [0.4, 0.5) is 0 Å². The molecular weight excluding hydrogens is 306 g/mol. The molecule has 19 heavy (non-hydrogen) atoms. The molecule has 0 bridgehead atoms. The van der Waals surface area contributed by atoms with E-state index in [1.54, 1.807) is 0 Å². The van der Waals surface area contributed by atoms with Crippen LogP contribution in [-0.2, 0) is 4.74 Å². The van der Waals surface area contributed by atoms with E-state index in [-0.39, 0.29) is 6.10 Å². The molecule has 3 nitrogen and oxygen atoms in total. The second-order valence-electron chi connectivity index (χ2n) is 4.93.